The molecule has 1 aromatic heterocycles. The molecule has 0 saturated heterocycles. The van der Waals surface area contributed by atoms with Crippen LogP contribution in [0.3, 0.4) is 0 Å². The quantitative estimate of drug-likeness (QED) is 0.617. The van der Waals surface area contributed by atoms with Crippen LogP contribution in [0.2, 0.25) is 25.7 Å². The van der Waals surface area contributed by atoms with Gasteiger partial charge in [-0.1, -0.05) is 19.6 Å². The summed E-state index contributed by atoms with van der Waals surface area (Å²) in [6.45, 7) is 7.37. The molecule has 0 amide bonds. The monoisotopic (exact) mass is 346 g/mol. The van der Waals surface area contributed by atoms with E-state index >= 15 is 0 Å². The van der Waals surface area contributed by atoms with Gasteiger partial charge in [0.05, 0.1) is 17.2 Å². The van der Waals surface area contributed by atoms with Crippen LogP contribution in [0.1, 0.15) is 21.7 Å². The third-order valence-electron chi connectivity index (χ3n) is 3.60. The molecule has 0 atom stereocenters. The van der Waals surface area contributed by atoms with Crippen LogP contribution in [0.15, 0.2) is 0 Å². The van der Waals surface area contributed by atoms with Gasteiger partial charge in [-0.15, -0.1) is 0 Å². The molecule has 22 heavy (non-hydrogen) atoms. The predicted octanol–water partition coefficient (Wildman–Crippen LogP) is 1.36. The smallest absolute Gasteiger partial charge is 0.356 e. The standard InChI is InChI=1S/C13H22N2O5SSi/c1-22(2,3)7-5-20-9-15-11-8-21(18,19)6-4-10(11)12(14-15)13(16)17/h4-9H2,1-3H3,(H,16,17). The van der Waals surface area contributed by atoms with Crippen LogP contribution in [0.5, 0.6) is 0 Å². The highest BCUT2D eigenvalue weighted by Crippen LogP contribution is 2.24. The molecule has 9 heteroatoms. The lowest BCUT2D eigenvalue weighted by Gasteiger charge is -2.17. The van der Waals surface area contributed by atoms with Crippen molar-refractivity contribution in [3.8, 4) is 0 Å². The molecule has 2 rings (SSSR count). The molecule has 1 aromatic rings. The van der Waals surface area contributed by atoms with Gasteiger partial charge in [-0.2, -0.15) is 5.10 Å². The average molecular weight is 346 g/mol. The molecule has 7 nitrogen and oxygen atoms in total. The van der Waals surface area contributed by atoms with Gasteiger partial charge in [0.15, 0.2) is 15.5 Å². The number of hydrogen-bond acceptors (Lipinski definition) is 5. The van der Waals surface area contributed by atoms with Crippen molar-refractivity contribution in [1.82, 2.24) is 9.78 Å². The summed E-state index contributed by atoms with van der Waals surface area (Å²) in [6.07, 6.45) is 0.203. The van der Waals surface area contributed by atoms with Crippen LogP contribution in [0.25, 0.3) is 0 Å². The normalized spacial score (nSPS) is 17.2. The van der Waals surface area contributed by atoms with Gasteiger partial charge in [-0.05, 0) is 12.5 Å². The average Bonchev–Trinajstić information content (AvgIpc) is 2.70. The number of carbonyl (C=O) groups is 1. The molecular weight excluding hydrogens is 324 g/mol. The lowest BCUT2D eigenvalue weighted by molar-refractivity contribution is 0.0669. The van der Waals surface area contributed by atoms with Crippen LogP contribution in [-0.2, 0) is 33.5 Å². The minimum absolute atomic E-state index is 0.0253. The molecule has 0 aromatic carbocycles. The van der Waals surface area contributed by atoms with E-state index in [1.165, 1.54) is 4.68 Å². The van der Waals surface area contributed by atoms with E-state index in [0.717, 1.165) is 6.04 Å². The molecule has 0 bridgehead atoms. The Hall–Kier alpha value is -1.19. The molecule has 1 N–H and O–H groups in total. The fourth-order valence-corrected chi connectivity index (χ4v) is 4.46. The van der Waals surface area contributed by atoms with E-state index in [1.807, 2.05) is 0 Å². The van der Waals surface area contributed by atoms with Crippen LogP contribution in [0, 0.1) is 0 Å². The second-order valence-electron chi connectivity index (χ2n) is 6.77. The largest absolute Gasteiger partial charge is 0.476 e. The van der Waals surface area contributed by atoms with E-state index in [2.05, 4.69) is 24.7 Å². The number of sulfone groups is 1. The molecule has 0 fully saturated rings. The Morgan fingerprint density at radius 3 is 2.68 bits per heavy atom. The summed E-state index contributed by atoms with van der Waals surface area (Å²) < 4.78 is 30.5. The summed E-state index contributed by atoms with van der Waals surface area (Å²) in [4.78, 5) is 11.2. The summed E-state index contributed by atoms with van der Waals surface area (Å²) in [5, 5.41) is 13.2. The first-order chi connectivity index (χ1) is 10.1. The summed E-state index contributed by atoms with van der Waals surface area (Å²) in [5.74, 6) is -1.32. The molecule has 1 aliphatic rings. The number of rotatable bonds is 6. The topological polar surface area (TPSA) is 98.5 Å². The number of aromatic carboxylic acids is 1. The molecule has 2 heterocycles. The van der Waals surface area contributed by atoms with Gasteiger partial charge in [0.2, 0.25) is 0 Å². The molecule has 0 unspecified atom stereocenters. The maximum atomic E-state index is 11.8. The van der Waals surface area contributed by atoms with Crippen LogP contribution >= 0.6 is 0 Å². The van der Waals surface area contributed by atoms with E-state index in [1.54, 1.807) is 0 Å². The van der Waals surface area contributed by atoms with Gasteiger partial charge in [0.1, 0.15) is 6.73 Å². The minimum atomic E-state index is -3.19. The highest BCUT2D eigenvalue weighted by Gasteiger charge is 2.31. The SMILES string of the molecule is C[Si](C)(C)CCOCn1nc(C(=O)O)c2c1CS(=O)(=O)CC2. The predicted molar refractivity (Wildman–Crippen MR) is 84.5 cm³/mol. The van der Waals surface area contributed by atoms with E-state index in [9.17, 15) is 18.3 Å². The number of ether oxygens (including phenoxy) is 1. The summed E-state index contributed by atoms with van der Waals surface area (Å²) in [7, 11) is -4.39. The van der Waals surface area contributed by atoms with Crippen molar-refractivity contribution in [3.05, 3.63) is 17.0 Å². The van der Waals surface area contributed by atoms with Gasteiger partial charge in [-0.3, -0.25) is 0 Å². The highest BCUT2D eigenvalue weighted by atomic mass is 32.2. The molecular formula is C13H22N2O5SSi. The third kappa shape index (κ3) is 4.17. The highest BCUT2D eigenvalue weighted by molar-refractivity contribution is 7.90. The third-order valence-corrected chi connectivity index (χ3v) is 6.84. The summed E-state index contributed by atoms with van der Waals surface area (Å²) >= 11 is 0. The maximum absolute atomic E-state index is 11.8. The first-order valence-electron chi connectivity index (χ1n) is 7.19. The van der Waals surface area contributed by atoms with E-state index in [-0.39, 0.29) is 30.4 Å². The fourth-order valence-electron chi connectivity index (χ4n) is 2.30. The zero-order valence-corrected chi connectivity index (χ0v) is 14.9. The Morgan fingerprint density at radius 2 is 2.09 bits per heavy atom. The van der Waals surface area contributed by atoms with Crippen molar-refractivity contribution in [2.75, 3.05) is 12.4 Å². The Kier molecular flexibility index (Phi) is 4.78. The van der Waals surface area contributed by atoms with Crippen molar-refractivity contribution >= 4 is 23.9 Å². The molecule has 0 radical (unpaired) electrons. The van der Waals surface area contributed by atoms with Gasteiger partial charge in [0, 0.05) is 20.2 Å². The maximum Gasteiger partial charge on any atom is 0.356 e. The van der Waals surface area contributed by atoms with Crippen molar-refractivity contribution in [2.45, 2.75) is 44.6 Å². The molecule has 0 spiro atoms. The lowest BCUT2D eigenvalue weighted by atomic mass is 10.1. The van der Waals surface area contributed by atoms with Crippen molar-refractivity contribution in [2.24, 2.45) is 0 Å². The van der Waals surface area contributed by atoms with Crippen LogP contribution < -0.4 is 0 Å². The van der Waals surface area contributed by atoms with Crippen molar-refractivity contribution in [3.63, 3.8) is 0 Å². The fraction of sp³-hybridized carbons (Fsp3) is 0.692. The first kappa shape index (κ1) is 17.2. The summed E-state index contributed by atoms with van der Waals surface area (Å²) in [5.41, 5.74) is 0.923. The number of aromatic nitrogens is 2. The van der Waals surface area contributed by atoms with Gasteiger partial charge in [-0.25, -0.2) is 17.9 Å². The Balaban J connectivity index is 2.16. The Morgan fingerprint density at radius 1 is 1.41 bits per heavy atom. The number of fused-ring (bicyclic) bond motifs is 1. The lowest BCUT2D eigenvalue weighted by Crippen LogP contribution is -2.23. The second kappa shape index (κ2) is 6.13. The Bertz CT molecular complexity index is 675. The number of hydrogen-bond donors (Lipinski definition) is 1. The number of nitrogens with zero attached hydrogens (tertiary/aromatic N) is 2. The van der Waals surface area contributed by atoms with Gasteiger partial charge >= 0.3 is 5.97 Å². The van der Waals surface area contributed by atoms with Crippen molar-refractivity contribution in [1.29, 1.82) is 0 Å². The second-order valence-corrected chi connectivity index (χ2v) is 14.6. The molecule has 0 aliphatic carbocycles. The minimum Gasteiger partial charge on any atom is -0.476 e. The molecule has 0 saturated carbocycles. The molecule has 124 valence electrons. The molecule has 1 aliphatic heterocycles. The number of carboxylic acid groups (broad SMARTS) is 1. The van der Waals surface area contributed by atoms with Crippen LogP contribution in [0.4, 0.5) is 0 Å². The Labute approximate surface area is 131 Å². The van der Waals surface area contributed by atoms with Crippen LogP contribution in [-0.4, -0.2) is 49.7 Å². The first-order valence-corrected chi connectivity index (χ1v) is 12.7. The van der Waals surface area contributed by atoms with E-state index in [0.29, 0.717) is 17.9 Å². The van der Waals surface area contributed by atoms with Gasteiger partial charge < -0.3 is 9.84 Å². The van der Waals surface area contributed by atoms with E-state index < -0.39 is 23.9 Å². The zero-order valence-electron chi connectivity index (χ0n) is 13.1. The zero-order chi connectivity index (χ0) is 16.5. The van der Waals surface area contributed by atoms with Crippen molar-refractivity contribution < 1.29 is 23.1 Å². The van der Waals surface area contributed by atoms with Gasteiger partial charge in [0.25, 0.3) is 0 Å². The number of carboxylic acids is 1. The summed E-state index contributed by atoms with van der Waals surface area (Å²) in [6, 6.07) is 0.987. The van der Waals surface area contributed by atoms with E-state index in [4.69, 9.17) is 4.74 Å².